The summed E-state index contributed by atoms with van der Waals surface area (Å²) in [6, 6.07) is 21.5. The van der Waals surface area contributed by atoms with Gasteiger partial charge in [-0.2, -0.15) is 4.52 Å². The molecule has 5 aromatic rings. The number of benzene rings is 3. The van der Waals surface area contributed by atoms with E-state index in [0.29, 0.717) is 11.3 Å². The van der Waals surface area contributed by atoms with Crippen molar-refractivity contribution in [2.45, 2.75) is 9.92 Å². The molecule has 31 heavy (non-hydrogen) atoms. The lowest BCUT2D eigenvalue weighted by molar-refractivity contribution is 0.592. The Kier molecular flexibility index (Phi) is 4.99. The van der Waals surface area contributed by atoms with Crippen LogP contribution in [-0.2, 0) is 9.84 Å². The molecule has 5 rings (SSSR count). The number of anilines is 2. The van der Waals surface area contributed by atoms with Gasteiger partial charge in [-0.15, -0.1) is 5.10 Å². The summed E-state index contributed by atoms with van der Waals surface area (Å²) in [5.74, 6) is 0.514. The molecule has 10 heteroatoms. The van der Waals surface area contributed by atoms with Crippen LogP contribution in [0.3, 0.4) is 0 Å². The van der Waals surface area contributed by atoms with Crippen molar-refractivity contribution in [3.05, 3.63) is 81.7 Å². The molecule has 0 amide bonds. The normalized spacial score (nSPS) is 11.8. The third-order valence-corrected chi connectivity index (χ3v) is 7.43. The highest BCUT2D eigenvalue weighted by molar-refractivity contribution is 9.10. The summed E-state index contributed by atoms with van der Waals surface area (Å²) in [6.07, 6.45) is 0. The Bertz CT molecular complexity index is 1530. The van der Waals surface area contributed by atoms with Gasteiger partial charge in [0.2, 0.25) is 14.9 Å². The zero-order valence-corrected chi connectivity index (χ0v) is 19.7. The smallest absolute Gasteiger partial charge is 0.229 e. The highest BCUT2D eigenvalue weighted by Crippen LogP contribution is 2.30. The molecule has 0 atom stereocenters. The van der Waals surface area contributed by atoms with Crippen LogP contribution in [0.2, 0.25) is 0 Å². The van der Waals surface area contributed by atoms with Crippen molar-refractivity contribution in [3.8, 4) is 0 Å². The fraction of sp³-hybridized carbons (Fsp3) is 0. The van der Waals surface area contributed by atoms with Crippen molar-refractivity contribution in [2.24, 2.45) is 0 Å². The first-order chi connectivity index (χ1) is 14.9. The lowest BCUT2D eigenvalue weighted by Crippen LogP contribution is -2.05. The van der Waals surface area contributed by atoms with Gasteiger partial charge in [-0.3, -0.25) is 0 Å². The largest absolute Gasteiger partial charge is 0.340 e. The molecule has 3 aromatic carbocycles. The second-order valence-electron chi connectivity index (χ2n) is 6.70. The summed E-state index contributed by atoms with van der Waals surface area (Å²) in [5, 5.41) is 12.0. The molecular weight excluding hydrogens is 546 g/mol. The molecule has 2 heterocycles. The zero-order chi connectivity index (χ0) is 21.6. The van der Waals surface area contributed by atoms with E-state index in [1.807, 2.05) is 48.5 Å². The molecule has 0 saturated heterocycles. The fourth-order valence-corrected chi connectivity index (χ4v) is 4.97. The number of aromatic nitrogens is 4. The summed E-state index contributed by atoms with van der Waals surface area (Å²) < 4.78 is 29.7. The van der Waals surface area contributed by atoms with Crippen molar-refractivity contribution < 1.29 is 8.42 Å². The molecular formula is C21H13Br2N5O2S. The molecule has 0 radical (unpaired) electrons. The topological polar surface area (TPSA) is 89.2 Å². The number of rotatable bonds is 4. The minimum Gasteiger partial charge on any atom is -0.340 e. The van der Waals surface area contributed by atoms with Crippen molar-refractivity contribution >= 4 is 69.8 Å². The Morgan fingerprint density at radius 2 is 1.48 bits per heavy atom. The minimum absolute atomic E-state index is 0.121. The molecule has 0 fully saturated rings. The maximum Gasteiger partial charge on any atom is 0.229 e. The van der Waals surface area contributed by atoms with Gasteiger partial charge in [0.15, 0.2) is 5.65 Å². The van der Waals surface area contributed by atoms with Gasteiger partial charge in [0.25, 0.3) is 0 Å². The first-order valence-electron chi connectivity index (χ1n) is 9.11. The molecule has 0 aliphatic carbocycles. The van der Waals surface area contributed by atoms with E-state index >= 15 is 0 Å². The van der Waals surface area contributed by atoms with E-state index in [1.54, 1.807) is 12.1 Å². The van der Waals surface area contributed by atoms with Crippen LogP contribution in [0.4, 0.5) is 11.5 Å². The van der Waals surface area contributed by atoms with Gasteiger partial charge in [-0.25, -0.2) is 13.4 Å². The summed E-state index contributed by atoms with van der Waals surface area (Å²) in [6.45, 7) is 0. The summed E-state index contributed by atoms with van der Waals surface area (Å²) in [7, 11) is -3.91. The third kappa shape index (κ3) is 3.60. The predicted octanol–water partition coefficient (Wildman–Crippen LogP) is 5.38. The molecule has 0 spiro atoms. The quantitative estimate of drug-likeness (QED) is 0.318. The van der Waals surface area contributed by atoms with Crippen molar-refractivity contribution in [1.29, 1.82) is 0 Å². The molecule has 1 N–H and O–H groups in total. The summed E-state index contributed by atoms with van der Waals surface area (Å²) >= 11 is 6.75. The van der Waals surface area contributed by atoms with E-state index in [1.165, 1.54) is 16.6 Å². The fourth-order valence-electron chi connectivity index (χ4n) is 3.21. The van der Waals surface area contributed by atoms with Gasteiger partial charge < -0.3 is 5.32 Å². The van der Waals surface area contributed by atoms with Crippen LogP contribution in [0.1, 0.15) is 0 Å². The highest BCUT2D eigenvalue weighted by atomic mass is 79.9. The van der Waals surface area contributed by atoms with E-state index in [9.17, 15) is 8.42 Å². The Hall–Kier alpha value is -2.82. The second-order valence-corrected chi connectivity index (χ2v) is 10.4. The molecule has 0 bridgehead atoms. The standard InChI is InChI=1S/C21H13Br2N5O2S/c22-13-5-9-15(10-6-13)24-19-17-3-1-2-4-18(17)28-20(25-19)21(26-27-28)31(29,30)16-11-7-14(23)8-12-16/h1-12H,(H,24,25). The summed E-state index contributed by atoms with van der Waals surface area (Å²) in [4.78, 5) is 4.74. The molecule has 0 saturated carbocycles. The molecule has 2 aromatic heterocycles. The Morgan fingerprint density at radius 3 is 2.19 bits per heavy atom. The van der Waals surface area contributed by atoms with Crippen LogP contribution in [0, 0.1) is 0 Å². The van der Waals surface area contributed by atoms with E-state index in [2.05, 4.69) is 52.5 Å². The van der Waals surface area contributed by atoms with Crippen LogP contribution in [-0.4, -0.2) is 28.2 Å². The van der Waals surface area contributed by atoms with Gasteiger partial charge in [-0.05, 0) is 60.7 Å². The number of hydrogen-bond acceptors (Lipinski definition) is 6. The van der Waals surface area contributed by atoms with Crippen LogP contribution < -0.4 is 5.32 Å². The minimum atomic E-state index is -3.91. The predicted molar refractivity (Wildman–Crippen MR) is 125 cm³/mol. The lowest BCUT2D eigenvalue weighted by atomic mass is 10.2. The number of halogens is 2. The Labute approximate surface area is 194 Å². The first-order valence-corrected chi connectivity index (χ1v) is 12.2. The number of nitrogens with one attached hydrogen (secondary N) is 1. The maximum atomic E-state index is 13.3. The van der Waals surface area contributed by atoms with Gasteiger partial charge in [-0.1, -0.05) is 49.2 Å². The molecule has 7 nitrogen and oxygen atoms in total. The van der Waals surface area contributed by atoms with Gasteiger partial charge in [0, 0.05) is 20.0 Å². The number of sulfone groups is 1. The van der Waals surface area contributed by atoms with Gasteiger partial charge >= 0.3 is 0 Å². The summed E-state index contributed by atoms with van der Waals surface area (Å²) in [5.41, 5.74) is 1.66. The van der Waals surface area contributed by atoms with E-state index in [4.69, 9.17) is 0 Å². The number of nitrogens with zero attached hydrogens (tertiary/aromatic N) is 4. The first kappa shape index (κ1) is 20.1. The molecule has 0 unspecified atom stereocenters. The number of hydrogen-bond donors (Lipinski definition) is 1. The van der Waals surface area contributed by atoms with E-state index in [-0.39, 0.29) is 15.6 Å². The monoisotopic (exact) mass is 557 g/mol. The van der Waals surface area contributed by atoms with Crippen LogP contribution >= 0.6 is 31.9 Å². The highest BCUT2D eigenvalue weighted by Gasteiger charge is 2.27. The van der Waals surface area contributed by atoms with E-state index < -0.39 is 9.84 Å². The Morgan fingerprint density at radius 1 is 0.839 bits per heavy atom. The average molecular weight is 559 g/mol. The average Bonchev–Trinajstić information content (AvgIpc) is 3.21. The van der Waals surface area contributed by atoms with Crippen LogP contribution in [0.5, 0.6) is 0 Å². The van der Waals surface area contributed by atoms with Crippen molar-refractivity contribution in [3.63, 3.8) is 0 Å². The lowest BCUT2D eigenvalue weighted by Gasteiger charge is -2.10. The Balaban J connectivity index is 1.73. The van der Waals surface area contributed by atoms with Crippen molar-refractivity contribution in [1.82, 2.24) is 19.8 Å². The number of para-hydroxylation sites is 1. The van der Waals surface area contributed by atoms with Gasteiger partial charge in [0.1, 0.15) is 5.82 Å². The number of fused-ring (bicyclic) bond motifs is 3. The van der Waals surface area contributed by atoms with Gasteiger partial charge in [0.05, 0.1) is 10.4 Å². The molecule has 154 valence electrons. The molecule has 0 aliphatic heterocycles. The van der Waals surface area contributed by atoms with E-state index in [0.717, 1.165) is 20.0 Å². The maximum absolute atomic E-state index is 13.3. The second kappa shape index (κ2) is 7.70. The van der Waals surface area contributed by atoms with Crippen LogP contribution in [0.25, 0.3) is 16.6 Å². The van der Waals surface area contributed by atoms with Crippen molar-refractivity contribution in [2.75, 3.05) is 5.32 Å². The third-order valence-electron chi connectivity index (χ3n) is 4.71. The molecule has 0 aliphatic rings. The van der Waals surface area contributed by atoms with Crippen LogP contribution in [0.15, 0.2) is 91.7 Å². The zero-order valence-electron chi connectivity index (χ0n) is 15.7. The SMILES string of the molecule is O=S(=O)(c1ccc(Br)cc1)c1nnn2c1nc(Nc1ccc(Br)cc1)c1ccccc12.